The average molecular weight is 278 g/mol. The molecule has 0 aliphatic heterocycles. The van der Waals surface area contributed by atoms with Crippen LogP contribution in [0.4, 0.5) is 0 Å². The summed E-state index contributed by atoms with van der Waals surface area (Å²) in [6, 6.07) is 5.46. The quantitative estimate of drug-likeness (QED) is 0.416. The summed E-state index contributed by atoms with van der Waals surface area (Å²) in [4.78, 5) is 11.8. The van der Waals surface area contributed by atoms with Crippen LogP contribution < -0.4 is 9.47 Å². The van der Waals surface area contributed by atoms with E-state index < -0.39 is 0 Å². The molecule has 0 aliphatic carbocycles. The summed E-state index contributed by atoms with van der Waals surface area (Å²) >= 11 is 0. The molecular formula is C16H22O4. The van der Waals surface area contributed by atoms with Gasteiger partial charge in [0.05, 0.1) is 20.8 Å². The lowest BCUT2D eigenvalue weighted by Crippen LogP contribution is -2.10. The molecule has 0 unspecified atom stereocenters. The van der Waals surface area contributed by atoms with Gasteiger partial charge in [0.25, 0.3) is 0 Å². The lowest BCUT2D eigenvalue weighted by atomic mass is 10.1. The molecule has 0 saturated carbocycles. The van der Waals surface area contributed by atoms with Gasteiger partial charge < -0.3 is 14.2 Å². The van der Waals surface area contributed by atoms with E-state index in [1.165, 1.54) is 0 Å². The summed E-state index contributed by atoms with van der Waals surface area (Å²) < 4.78 is 15.6. The lowest BCUT2D eigenvalue weighted by Gasteiger charge is -2.11. The predicted molar refractivity (Wildman–Crippen MR) is 78.3 cm³/mol. The van der Waals surface area contributed by atoms with Crippen LogP contribution in [-0.2, 0) is 16.0 Å². The molecule has 0 bridgehead atoms. The monoisotopic (exact) mass is 278 g/mol. The van der Waals surface area contributed by atoms with Crippen molar-refractivity contribution in [2.75, 3.05) is 20.8 Å². The Morgan fingerprint density at radius 2 is 2.00 bits per heavy atom. The van der Waals surface area contributed by atoms with Crippen LogP contribution in [0.15, 0.2) is 30.4 Å². The molecule has 4 heteroatoms. The molecule has 0 N–H and O–H groups in total. The van der Waals surface area contributed by atoms with Crippen molar-refractivity contribution >= 4 is 5.97 Å². The van der Waals surface area contributed by atoms with Crippen molar-refractivity contribution in [1.29, 1.82) is 0 Å². The molecule has 0 atom stereocenters. The molecule has 4 nitrogen and oxygen atoms in total. The van der Waals surface area contributed by atoms with Gasteiger partial charge in [-0.05, 0) is 24.6 Å². The fraction of sp³-hybridized carbons (Fsp3) is 0.438. The zero-order valence-corrected chi connectivity index (χ0v) is 12.4. The molecule has 1 aromatic carbocycles. The summed E-state index contributed by atoms with van der Waals surface area (Å²) in [5, 5.41) is 0. The van der Waals surface area contributed by atoms with Crippen molar-refractivity contribution in [3.8, 4) is 11.5 Å². The predicted octanol–water partition coefficient (Wildman–Crippen LogP) is 3.15. The van der Waals surface area contributed by atoms with Crippen LogP contribution in [-0.4, -0.2) is 26.8 Å². The van der Waals surface area contributed by atoms with Gasteiger partial charge in [0.2, 0.25) is 0 Å². The first-order valence-electron chi connectivity index (χ1n) is 6.68. The van der Waals surface area contributed by atoms with Crippen LogP contribution in [0.2, 0.25) is 0 Å². The van der Waals surface area contributed by atoms with E-state index in [9.17, 15) is 4.79 Å². The van der Waals surface area contributed by atoms with Crippen LogP contribution in [0, 0.1) is 0 Å². The first-order valence-corrected chi connectivity index (χ1v) is 6.68. The summed E-state index contributed by atoms with van der Waals surface area (Å²) in [6.45, 7) is 6.27. The van der Waals surface area contributed by atoms with Crippen LogP contribution >= 0.6 is 0 Å². The fourth-order valence-electron chi connectivity index (χ4n) is 1.73. The highest BCUT2D eigenvalue weighted by Gasteiger charge is 2.13. The first-order chi connectivity index (χ1) is 9.62. The normalized spacial score (nSPS) is 9.95. The summed E-state index contributed by atoms with van der Waals surface area (Å²) in [6.07, 6.45) is 2.23. The Hall–Kier alpha value is -1.97. The Morgan fingerprint density at radius 1 is 1.25 bits per heavy atom. The zero-order chi connectivity index (χ0) is 15.0. The minimum Gasteiger partial charge on any atom is -0.497 e. The molecule has 0 aromatic heterocycles. The van der Waals surface area contributed by atoms with E-state index in [1.807, 2.05) is 25.1 Å². The van der Waals surface area contributed by atoms with Gasteiger partial charge in [0.1, 0.15) is 11.5 Å². The number of rotatable bonds is 8. The van der Waals surface area contributed by atoms with E-state index in [1.54, 1.807) is 14.2 Å². The Bertz CT molecular complexity index is 466. The molecule has 0 aliphatic rings. The third-order valence-electron chi connectivity index (χ3n) is 2.91. The van der Waals surface area contributed by atoms with E-state index >= 15 is 0 Å². The number of benzene rings is 1. The Morgan fingerprint density at radius 3 is 2.60 bits per heavy atom. The van der Waals surface area contributed by atoms with Gasteiger partial charge in [-0.15, -0.1) is 0 Å². The topological polar surface area (TPSA) is 44.8 Å². The minimum atomic E-state index is -0.358. The van der Waals surface area contributed by atoms with Gasteiger partial charge in [-0.3, -0.25) is 0 Å². The minimum absolute atomic E-state index is 0.358. The molecule has 0 fully saturated rings. The highest BCUT2D eigenvalue weighted by molar-refractivity contribution is 5.88. The largest absolute Gasteiger partial charge is 0.497 e. The van der Waals surface area contributed by atoms with Gasteiger partial charge in [-0.25, -0.2) is 4.79 Å². The second-order valence-corrected chi connectivity index (χ2v) is 4.45. The second kappa shape index (κ2) is 8.25. The maximum absolute atomic E-state index is 11.8. The molecule has 0 heterocycles. The van der Waals surface area contributed by atoms with Crippen LogP contribution in [0.25, 0.3) is 0 Å². The first kappa shape index (κ1) is 16.1. The van der Waals surface area contributed by atoms with Crippen molar-refractivity contribution < 1.29 is 19.0 Å². The van der Waals surface area contributed by atoms with E-state index in [0.29, 0.717) is 30.1 Å². The van der Waals surface area contributed by atoms with Crippen molar-refractivity contribution in [2.24, 2.45) is 0 Å². The smallest absolute Gasteiger partial charge is 0.333 e. The molecule has 20 heavy (non-hydrogen) atoms. The van der Waals surface area contributed by atoms with Gasteiger partial charge in [0, 0.05) is 17.6 Å². The van der Waals surface area contributed by atoms with Crippen molar-refractivity contribution in [1.82, 2.24) is 0 Å². The van der Waals surface area contributed by atoms with Crippen LogP contribution in [0.5, 0.6) is 11.5 Å². The molecule has 110 valence electrons. The average Bonchev–Trinajstić information content (AvgIpc) is 2.47. The summed E-state index contributed by atoms with van der Waals surface area (Å²) in [7, 11) is 3.19. The summed E-state index contributed by atoms with van der Waals surface area (Å²) in [5.41, 5.74) is 1.26. The number of hydrogen-bond donors (Lipinski definition) is 0. The summed E-state index contributed by atoms with van der Waals surface area (Å²) in [5.74, 6) is 1.06. The highest BCUT2D eigenvalue weighted by atomic mass is 16.5. The van der Waals surface area contributed by atoms with Crippen LogP contribution in [0.1, 0.15) is 25.3 Å². The standard InChI is InChI=1S/C16H22O4/c1-5-6-9-20-16(17)12(2)10-13-11-14(18-3)7-8-15(13)19-4/h7-8,11H,2,5-6,9-10H2,1,3-4H3. The molecule has 0 spiro atoms. The second-order valence-electron chi connectivity index (χ2n) is 4.45. The number of unbranched alkanes of at least 4 members (excludes halogenated alkanes) is 1. The highest BCUT2D eigenvalue weighted by Crippen LogP contribution is 2.26. The van der Waals surface area contributed by atoms with Crippen molar-refractivity contribution in [3.63, 3.8) is 0 Å². The number of hydrogen-bond acceptors (Lipinski definition) is 4. The number of ether oxygens (including phenoxy) is 3. The third kappa shape index (κ3) is 4.61. The van der Waals surface area contributed by atoms with Gasteiger partial charge in [-0.1, -0.05) is 19.9 Å². The number of carbonyl (C=O) groups is 1. The van der Waals surface area contributed by atoms with E-state index in [2.05, 4.69) is 6.58 Å². The maximum atomic E-state index is 11.8. The number of carbonyl (C=O) groups excluding carboxylic acids is 1. The number of methoxy groups -OCH3 is 2. The third-order valence-corrected chi connectivity index (χ3v) is 2.91. The molecule has 1 aromatic rings. The SMILES string of the molecule is C=C(Cc1cc(OC)ccc1OC)C(=O)OCCCC. The molecule has 0 radical (unpaired) electrons. The molecule has 1 rings (SSSR count). The molecule has 0 saturated heterocycles. The number of esters is 1. The fourth-order valence-corrected chi connectivity index (χ4v) is 1.73. The Kier molecular flexibility index (Phi) is 6.64. The zero-order valence-electron chi connectivity index (χ0n) is 12.4. The Balaban J connectivity index is 2.71. The van der Waals surface area contributed by atoms with E-state index in [-0.39, 0.29) is 5.97 Å². The Labute approximate surface area is 120 Å². The van der Waals surface area contributed by atoms with Crippen LogP contribution in [0.3, 0.4) is 0 Å². The van der Waals surface area contributed by atoms with E-state index in [4.69, 9.17) is 14.2 Å². The lowest BCUT2D eigenvalue weighted by molar-refractivity contribution is -0.139. The van der Waals surface area contributed by atoms with Gasteiger partial charge in [0.15, 0.2) is 0 Å². The van der Waals surface area contributed by atoms with E-state index in [0.717, 1.165) is 18.4 Å². The van der Waals surface area contributed by atoms with Crippen molar-refractivity contribution in [2.45, 2.75) is 26.2 Å². The van der Waals surface area contributed by atoms with Crippen molar-refractivity contribution in [3.05, 3.63) is 35.9 Å². The maximum Gasteiger partial charge on any atom is 0.333 e. The molecular weight excluding hydrogens is 256 g/mol. The van der Waals surface area contributed by atoms with Gasteiger partial charge in [-0.2, -0.15) is 0 Å². The van der Waals surface area contributed by atoms with Gasteiger partial charge >= 0.3 is 5.97 Å². The molecule has 0 amide bonds.